The molecular formula is C14H22N2O2. The number of aryl methyl sites for hydroxylation is 1. The summed E-state index contributed by atoms with van der Waals surface area (Å²) in [5, 5.41) is 2.84. The molecule has 18 heavy (non-hydrogen) atoms. The van der Waals surface area contributed by atoms with Crippen LogP contribution in [0.15, 0.2) is 18.2 Å². The Morgan fingerprint density at radius 2 is 2.06 bits per heavy atom. The Labute approximate surface area is 109 Å². The van der Waals surface area contributed by atoms with Crippen LogP contribution in [0.2, 0.25) is 0 Å². The Hall–Kier alpha value is -1.55. The average molecular weight is 250 g/mol. The molecule has 100 valence electrons. The number of nitrogens with two attached hydrogens (primary N) is 1. The summed E-state index contributed by atoms with van der Waals surface area (Å²) in [6.07, 6.45) is 0.339. The molecular weight excluding hydrogens is 228 g/mol. The molecule has 0 aliphatic rings. The van der Waals surface area contributed by atoms with Gasteiger partial charge in [0.25, 0.3) is 0 Å². The van der Waals surface area contributed by atoms with Crippen molar-refractivity contribution in [3.05, 3.63) is 23.8 Å². The number of carbonyl (C=O) groups is 1. The molecule has 0 spiro atoms. The number of amides is 1. The lowest BCUT2D eigenvalue weighted by Crippen LogP contribution is -2.23. The number of benzene rings is 1. The van der Waals surface area contributed by atoms with Crippen LogP contribution in [-0.4, -0.2) is 18.1 Å². The fourth-order valence-electron chi connectivity index (χ4n) is 1.44. The minimum Gasteiger partial charge on any atom is -0.399 e. The fourth-order valence-corrected chi connectivity index (χ4v) is 1.44. The highest BCUT2D eigenvalue weighted by Gasteiger charge is 2.11. The maximum Gasteiger partial charge on any atom is 0.226 e. The summed E-state index contributed by atoms with van der Waals surface area (Å²) >= 11 is 0. The highest BCUT2D eigenvalue weighted by molar-refractivity contribution is 5.92. The summed E-state index contributed by atoms with van der Waals surface area (Å²) in [5.41, 5.74) is 7.86. The van der Waals surface area contributed by atoms with E-state index < -0.39 is 0 Å². The van der Waals surface area contributed by atoms with Gasteiger partial charge in [-0.3, -0.25) is 4.79 Å². The van der Waals surface area contributed by atoms with Crippen molar-refractivity contribution < 1.29 is 9.53 Å². The van der Waals surface area contributed by atoms with Crippen molar-refractivity contribution in [1.82, 2.24) is 0 Å². The first-order valence-corrected chi connectivity index (χ1v) is 6.08. The molecule has 1 aromatic carbocycles. The first kappa shape index (κ1) is 14.5. The lowest BCUT2D eigenvalue weighted by molar-refractivity contribution is -0.118. The number of hydrogen-bond donors (Lipinski definition) is 2. The maximum absolute atomic E-state index is 11.7. The fraction of sp³-hybridized carbons (Fsp3) is 0.500. The van der Waals surface area contributed by atoms with Crippen LogP contribution in [0.1, 0.15) is 32.8 Å². The number of nitrogen functional groups attached to an aromatic ring is 1. The Bertz CT molecular complexity index is 422. The van der Waals surface area contributed by atoms with Crippen LogP contribution in [0.25, 0.3) is 0 Å². The van der Waals surface area contributed by atoms with E-state index in [1.54, 1.807) is 6.07 Å². The smallest absolute Gasteiger partial charge is 0.226 e. The molecule has 1 amide bonds. The minimum atomic E-state index is -0.215. The Kier molecular flexibility index (Phi) is 4.73. The summed E-state index contributed by atoms with van der Waals surface area (Å²) in [6.45, 7) is 8.24. The second-order valence-corrected chi connectivity index (χ2v) is 5.33. The van der Waals surface area contributed by atoms with Gasteiger partial charge in [-0.15, -0.1) is 0 Å². The first-order valence-electron chi connectivity index (χ1n) is 6.08. The van der Waals surface area contributed by atoms with Gasteiger partial charge in [-0.25, -0.2) is 0 Å². The van der Waals surface area contributed by atoms with Crippen molar-refractivity contribution in [2.45, 2.75) is 39.7 Å². The van der Waals surface area contributed by atoms with Crippen LogP contribution >= 0.6 is 0 Å². The van der Waals surface area contributed by atoms with Gasteiger partial charge < -0.3 is 15.8 Å². The second kappa shape index (κ2) is 5.87. The molecule has 0 aliphatic carbocycles. The topological polar surface area (TPSA) is 64.3 Å². The van der Waals surface area contributed by atoms with Gasteiger partial charge in [0.15, 0.2) is 0 Å². The van der Waals surface area contributed by atoms with Gasteiger partial charge in [0, 0.05) is 11.4 Å². The summed E-state index contributed by atoms with van der Waals surface area (Å²) in [7, 11) is 0. The van der Waals surface area contributed by atoms with Gasteiger partial charge in [-0.1, -0.05) is 6.07 Å². The summed E-state index contributed by atoms with van der Waals surface area (Å²) in [6, 6.07) is 5.46. The molecule has 0 aliphatic heterocycles. The number of nitrogens with one attached hydrogen (secondary N) is 1. The van der Waals surface area contributed by atoms with Gasteiger partial charge in [0.05, 0.1) is 18.6 Å². The molecule has 0 radical (unpaired) electrons. The van der Waals surface area contributed by atoms with E-state index in [2.05, 4.69) is 5.32 Å². The van der Waals surface area contributed by atoms with Crippen LogP contribution in [0.4, 0.5) is 11.4 Å². The van der Waals surface area contributed by atoms with Crippen molar-refractivity contribution in [2.24, 2.45) is 0 Å². The maximum atomic E-state index is 11.7. The van der Waals surface area contributed by atoms with E-state index in [1.165, 1.54) is 0 Å². The Balaban J connectivity index is 2.47. The van der Waals surface area contributed by atoms with E-state index in [0.717, 1.165) is 11.3 Å². The van der Waals surface area contributed by atoms with Gasteiger partial charge in [-0.05, 0) is 45.4 Å². The van der Waals surface area contributed by atoms with Crippen LogP contribution in [-0.2, 0) is 9.53 Å². The number of hydrogen-bond acceptors (Lipinski definition) is 3. The van der Waals surface area contributed by atoms with Crippen molar-refractivity contribution in [3.8, 4) is 0 Å². The largest absolute Gasteiger partial charge is 0.399 e. The molecule has 0 saturated carbocycles. The van der Waals surface area contributed by atoms with Gasteiger partial charge in [0.2, 0.25) is 5.91 Å². The zero-order chi connectivity index (χ0) is 13.8. The lowest BCUT2D eigenvalue weighted by Gasteiger charge is -2.19. The Morgan fingerprint density at radius 3 is 2.67 bits per heavy atom. The highest BCUT2D eigenvalue weighted by Crippen LogP contribution is 2.18. The van der Waals surface area contributed by atoms with Gasteiger partial charge in [-0.2, -0.15) is 0 Å². The quantitative estimate of drug-likeness (QED) is 0.807. The molecule has 0 aromatic heterocycles. The predicted molar refractivity (Wildman–Crippen MR) is 74.5 cm³/mol. The van der Waals surface area contributed by atoms with Crippen LogP contribution in [0.3, 0.4) is 0 Å². The lowest BCUT2D eigenvalue weighted by atomic mass is 10.1. The second-order valence-electron chi connectivity index (χ2n) is 5.33. The van der Waals surface area contributed by atoms with Crippen molar-refractivity contribution in [2.75, 3.05) is 17.7 Å². The molecule has 4 nitrogen and oxygen atoms in total. The van der Waals surface area contributed by atoms with Crippen LogP contribution in [0.5, 0.6) is 0 Å². The summed E-state index contributed by atoms with van der Waals surface area (Å²) in [5.74, 6) is -0.0621. The van der Waals surface area contributed by atoms with Crippen LogP contribution < -0.4 is 11.1 Å². The van der Waals surface area contributed by atoms with Crippen LogP contribution in [0, 0.1) is 6.92 Å². The molecule has 3 N–H and O–H groups in total. The number of anilines is 2. The third-order valence-electron chi connectivity index (χ3n) is 2.40. The first-order chi connectivity index (χ1) is 8.28. The number of carbonyl (C=O) groups excluding carboxylic acids is 1. The Morgan fingerprint density at radius 1 is 1.39 bits per heavy atom. The number of rotatable bonds is 4. The van der Waals surface area contributed by atoms with E-state index >= 15 is 0 Å². The zero-order valence-electron chi connectivity index (χ0n) is 11.5. The van der Waals surface area contributed by atoms with Crippen molar-refractivity contribution in [3.63, 3.8) is 0 Å². The molecule has 1 rings (SSSR count). The van der Waals surface area contributed by atoms with E-state index in [1.807, 2.05) is 39.8 Å². The average Bonchev–Trinajstić information content (AvgIpc) is 2.21. The summed E-state index contributed by atoms with van der Waals surface area (Å²) in [4.78, 5) is 11.7. The third-order valence-corrected chi connectivity index (χ3v) is 2.40. The van der Waals surface area contributed by atoms with Crippen molar-refractivity contribution >= 4 is 17.3 Å². The molecule has 0 unspecified atom stereocenters. The standard InChI is InChI=1S/C14H22N2O2/c1-10-5-6-11(15)9-12(10)16-13(17)7-8-18-14(2,3)4/h5-6,9H,7-8,15H2,1-4H3,(H,16,17). The molecule has 4 heteroatoms. The SMILES string of the molecule is Cc1ccc(N)cc1NC(=O)CCOC(C)(C)C. The zero-order valence-corrected chi connectivity index (χ0v) is 11.5. The summed E-state index contributed by atoms with van der Waals surface area (Å²) < 4.78 is 5.51. The van der Waals surface area contributed by atoms with Gasteiger partial charge in [0.1, 0.15) is 0 Å². The van der Waals surface area contributed by atoms with E-state index in [-0.39, 0.29) is 11.5 Å². The van der Waals surface area contributed by atoms with E-state index in [4.69, 9.17) is 10.5 Å². The molecule has 1 aromatic rings. The molecule has 0 fully saturated rings. The predicted octanol–water partition coefficient (Wildman–Crippen LogP) is 2.72. The van der Waals surface area contributed by atoms with Crippen molar-refractivity contribution in [1.29, 1.82) is 0 Å². The molecule has 0 heterocycles. The normalized spacial score (nSPS) is 11.3. The van der Waals surface area contributed by atoms with E-state index in [0.29, 0.717) is 18.7 Å². The highest BCUT2D eigenvalue weighted by atomic mass is 16.5. The molecule has 0 saturated heterocycles. The molecule has 0 bridgehead atoms. The number of ether oxygens (including phenoxy) is 1. The molecule has 0 atom stereocenters. The van der Waals surface area contributed by atoms with E-state index in [9.17, 15) is 4.79 Å². The third kappa shape index (κ3) is 5.19. The van der Waals surface area contributed by atoms with Gasteiger partial charge >= 0.3 is 0 Å². The minimum absolute atomic E-state index is 0.0621. The monoisotopic (exact) mass is 250 g/mol.